The molecule has 0 aliphatic heterocycles. The molecule has 3 unspecified atom stereocenters. The van der Waals surface area contributed by atoms with Crippen molar-refractivity contribution >= 4 is 5.69 Å². The lowest BCUT2D eigenvalue weighted by Crippen LogP contribution is -2.18. The van der Waals surface area contributed by atoms with Crippen molar-refractivity contribution in [2.24, 2.45) is 11.8 Å². The summed E-state index contributed by atoms with van der Waals surface area (Å²) in [4.78, 5) is 0. The average molecular weight is 191 g/mol. The molecule has 0 spiro atoms. The molecule has 2 fully saturated rings. The minimum Gasteiger partial charge on any atom is -0.382 e. The minimum atomic E-state index is -0.161. The van der Waals surface area contributed by atoms with Gasteiger partial charge in [0.05, 0.1) is 0 Å². The van der Waals surface area contributed by atoms with Crippen molar-refractivity contribution in [3.8, 4) is 0 Å². The van der Waals surface area contributed by atoms with Crippen molar-refractivity contribution in [1.82, 2.24) is 0 Å². The van der Waals surface area contributed by atoms with E-state index in [1.165, 1.54) is 31.4 Å². The highest BCUT2D eigenvalue weighted by molar-refractivity contribution is 5.44. The predicted octanol–water partition coefficient (Wildman–Crippen LogP) is 3.04. The largest absolute Gasteiger partial charge is 0.382 e. The first kappa shape index (κ1) is 8.27. The summed E-state index contributed by atoms with van der Waals surface area (Å²) in [5.41, 5.74) is 1.06. The smallest absolute Gasteiger partial charge is 0.123 e. The maximum atomic E-state index is 12.7. The van der Waals surface area contributed by atoms with Crippen LogP contribution in [0.5, 0.6) is 0 Å². The monoisotopic (exact) mass is 191 g/mol. The zero-order valence-electron chi connectivity index (χ0n) is 8.04. The van der Waals surface area contributed by atoms with Crippen LogP contribution >= 0.6 is 0 Å². The summed E-state index contributed by atoms with van der Waals surface area (Å²) in [6.45, 7) is 0. The number of halogens is 1. The summed E-state index contributed by atoms with van der Waals surface area (Å²) in [6, 6.07) is 7.32. The molecule has 1 nitrogen and oxygen atoms in total. The van der Waals surface area contributed by atoms with E-state index >= 15 is 0 Å². The maximum absolute atomic E-state index is 12.7. The molecule has 1 aromatic rings. The van der Waals surface area contributed by atoms with Gasteiger partial charge in [0.1, 0.15) is 5.82 Å². The van der Waals surface area contributed by atoms with Crippen molar-refractivity contribution in [1.29, 1.82) is 0 Å². The molecule has 74 valence electrons. The van der Waals surface area contributed by atoms with Crippen molar-refractivity contribution in [2.45, 2.75) is 25.3 Å². The zero-order chi connectivity index (χ0) is 9.54. The number of nitrogens with one attached hydrogen (secondary N) is 1. The Balaban J connectivity index is 1.69. The van der Waals surface area contributed by atoms with Gasteiger partial charge in [0.2, 0.25) is 0 Å². The number of hydrogen-bond donors (Lipinski definition) is 1. The summed E-state index contributed by atoms with van der Waals surface area (Å²) in [7, 11) is 0. The lowest BCUT2D eigenvalue weighted by atomic mass is 10.1. The second-order valence-corrected chi connectivity index (χ2v) is 4.49. The molecule has 0 saturated heterocycles. The quantitative estimate of drug-likeness (QED) is 0.757. The van der Waals surface area contributed by atoms with E-state index in [2.05, 4.69) is 5.32 Å². The van der Waals surface area contributed by atoms with Crippen LogP contribution in [0.25, 0.3) is 0 Å². The van der Waals surface area contributed by atoms with E-state index in [0.717, 1.165) is 17.5 Å². The van der Waals surface area contributed by atoms with Crippen LogP contribution in [0.3, 0.4) is 0 Å². The summed E-state index contributed by atoms with van der Waals surface area (Å²) < 4.78 is 12.7. The van der Waals surface area contributed by atoms with Gasteiger partial charge in [-0.3, -0.25) is 0 Å². The summed E-state index contributed by atoms with van der Waals surface area (Å²) >= 11 is 0. The molecule has 3 atom stereocenters. The third kappa shape index (κ3) is 1.39. The van der Waals surface area contributed by atoms with Crippen LogP contribution in [0.1, 0.15) is 19.3 Å². The Morgan fingerprint density at radius 2 is 1.93 bits per heavy atom. The second-order valence-electron chi connectivity index (χ2n) is 4.49. The SMILES string of the molecule is Fc1ccc(NC2CCC3CC32)cc1. The Kier molecular flexibility index (Phi) is 1.76. The van der Waals surface area contributed by atoms with E-state index < -0.39 is 0 Å². The van der Waals surface area contributed by atoms with Gasteiger partial charge >= 0.3 is 0 Å². The van der Waals surface area contributed by atoms with E-state index in [-0.39, 0.29) is 5.82 Å². The molecule has 1 aromatic carbocycles. The molecule has 0 radical (unpaired) electrons. The van der Waals surface area contributed by atoms with E-state index in [4.69, 9.17) is 0 Å². The molecule has 0 heterocycles. The molecule has 0 amide bonds. The van der Waals surface area contributed by atoms with Crippen molar-refractivity contribution in [2.75, 3.05) is 5.32 Å². The van der Waals surface area contributed by atoms with Gasteiger partial charge in [-0.05, 0) is 55.4 Å². The van der Waals surface area contributed by atoms with Crippen LogP contribution < -0.4 is 5.32 Å². The van der Waals surface area contributed by atoms with Gasteiger partial charge in [0.15, 0.2) is 0 Å². The first-order valence-electron chi connectivity index (χ1n) is 5.35. The van der Waals surface area contributed by atoms with E-state index in [9.17, 15) is 4.39 Å². The van der Waals surface area contributed by atoms with Crippen molar-refractivity contribution in [3.05, 3.63) is 30.1 Å². The van der Waals surface area contributed by atoms with E-state index in [1.807, 2.05) is 12.1 Å². The molecule has 2 aliphatic rings. The summed E-state index contributed by atoms with van der Waals surface area (Å²) in [6.07, 6.45) is 4.06. The van der Waals surface area contributed by atoms with Crippen LogP contribution in [0.2, 0.25) is 0 Å². The summed E-state index contributed by atoms with van der Waals surface area (Å²) in [5.74, 6) is 1.74. The first-order chi connectivity index (χ1) is 6.83. The third-order valence-electron chi connectivity index (χ3n) is 3.54. The van der Waals surface area contributed by atoms with Crippen LogP contribution in [0.4, 0.5) is 10.1 Å². The zero-order valence-corrected chi connectivity index (χ0v) is 8.04. The fourth-order valence-corrected chi connectivity index (χ4v) is 2.64. The minimum absolute atomic E-state index is 0.161. The first-order valence-corrected chi connectivity index (χ1v) is 5.35. The molecule has 2 saturated carbocycles. The number of fused-ring (bicyclic) bond motifs is 1. The third-order valence-corrected chi connectivity index (χ3v) is 3.54. The Labute approximate surface area is 83.3 Å². The molecule has 0 bridgehead atoms. The fourth-order valence-electron chi connectivity index (χ4n) is 2.64. The number of benzene rings is 1. The van der Waals surface area contributed by atoms with Crippen LogP contribution in [-0.2, 0) is 0 Å². The van der Waals surface area contributed by atoms with Crippen LogP contribution in [0.15, 0.2) is 24.3 Å². The normalized spacial score (nSPS) is 33.9. The van der Waals surface area contributed by atoms with Gasteiger partial charge in [-0.25, -0.2) is 4.39 Å². The Morgan fingerprint density at radius 3 is 2.50 bits per heavy atom. The predicted molar refractivity (Wildman–Crippen MR) is 54.6 cm³/mol. The van der Waals surface area contributed by atoms with Crippen molar-refractivity contribution < 1.29 is 4.39 Å². The molecular formula is C12H14FN. The van der Waals surface area contributed by atoms with Gasteiger partial charge in [-0.15, -0.1) is 0 Å². The van der Waals surface area contributed by atoms with Crippen LogP contribution in [-0.4, -0.2) is 6.04 Å². The topological polar surface area (TPSA) is 12.0 Å². The van der Waals surface area contributed by atoms with Gasteiger partial charge < -0.3 is 5.32 Å². The molecule has 1 N–H and O–H groups in total. The van der Waals surface area contributed by atoms with Gasteiger partial charge in [0.25, 0.3) is 0 Å². The highest BCUT2D eigenvalue weighted by Gasteiger charge is 2.47. The Bertz CT molecular complexity index is 333. The van der Waals surface area contributed by atoms with Gasteiger partial charge in [0, 0.05) is 11.7 Å². The molecule has 2 heteroatoms. The molecular weight excluding hydrogens is 177 g/mol. The number of rotatable bonds is 2. The molecule has 0 aromatic heterocycles. The van der Waals surface area contributed by atoms with Crippen LogP contribution in [0, 0.1) is 17.7 Å². The van der Waals surface area contributed by atoms with Gasteiger partial charge in [-0.2, -0.15) is 0 Å². The molecule has 14 heavy (non-hydrogen) atoms. The second kappa shape index (κ2) is 2.97. The standard InChI is InChI=1S/C12H14FN/c13-9-2-4-10(5-3-9)14-12-6-1-8-7-11(8)12/h2-5,8,11-12,14H,1,6-7H2. The molecule has 3 rings (SSSR count). The lowest BCUT2D eigenvalue weighted by Gasteiger charge is -2.15. The van der Waals surface area contributed by atoms with E-state index in [1.54, 1.807) is 0 Å². The summed E-state index contributed by atoms with van der Waals surface area (Å²) in [5, 5.41) is 3.49. The maximum Gasteiger partial charge on any atom is 0.123 e. The average Bonchev–Trinajstić information content (AvgIpc) is 2.88. The Morgan fingerprint density at radius 1 is 1.14 bits per heavy atom. The fraction of sp³-hybridized carbons (Fsp3) is 0.500. The van der Waals surface area contributed by atoms with Crippen molar-refractivity contribution in [3.63, 3.8) is 0 Å². The highest BCUT2D eigenvalue weighted by Crippen LogP contribution is 2.52. The highest BCUT2D eigenvalue weighted by atomic mass is 19.1. The lowest BCUT2D eigenvalue weighted by molar-refractivity contribution is 0.626. The van der Waals surface area contributed by atoms with Gasteiger partial charge in [-0.1, -0.05) is 0 Å². The Hall–Kier alpha value is -1.05. The number of anilines is 1. The molecule has 2 aliphatic carbocycles. The number of hydrogen-bond acceptors (Lipinski definition) is 1. The van der Waals surface area contributed by atoms with E-state index in [0.29, 0.717) is 6.04 Å².